The van der Waals surface area contributed by atoms with Crippen molar-refractivity contribution in [3.63, 3.8) is 0 Å². The molecule has 1 aliphatic rings. The predicted molar refractivity (Wildman–Crippen MR) is 68.0 cm³/mol. The molecule has 0 atom stereocenters. The molecule has 7 heteroatoms. The molecule has 1 aromatic rings. The number of hydrogen-bond donors (Lipinski definition) is 1. The van der Waals surface area contributed by atoms with E-state index in [2.05, 4.69) is 0 Å². The van der Waals surface area contributed by atoms with Gasteiger partial charge in [0.05, 0.1) is 0 Å². The van der Waals surface area contributed by atoms with Gasteiger partial charge in [-0.05, 0) is 30.9 Å². The Hall–Kier alpha value is -0.890. The summed E-state index contributed by atoms with van der Waals surface area (Å²) in [7, 11) is -1.92. The molecule has 0 bridgehead atoms. The Bertz CT molecular complexity index is 502. The Balaban J connectivity index is 2.05. The second-order valence-electron chi connectivity index (χ2n) is 4.68. The molecule has 0 spiro atoms. The minimum atomic E-state index is -3.57. The summed E-state index contributed by atoms with van der Waals surface area (Å²) < 4.78 is 36.2. The third-order valence-electron chi connectivity index (χ3n) is 3.36. The van der Waals surface area contributed by atoms with Crippen molar-refractivity contribution in [2.45, 2.75) is 24.5 Å². The van der Waals surface area contributed by atoms with Gasteiger partial charge in [-0.3, -0.25) is 0 Å². The highest BCUT2D eigenvalue weighted by molar-refractivity contribution is 7.89. The number of nitrogens with zero attached hydrogens (tertiary/aromatic N) is 1. The molecule has 1 aromatic heterocycles. The highest BCUT2D eigenvalue weighted by Gasteiger charge is 2.31. The maximum atomic E-state index is 12.3. The highest BCUT2D eigenvalue weighted by Crippen LogP contribution is 2.25. The molecular weight excluding hydrogens is 270 g/mol. The van der Waals surface area contributed by atoms with Gasteiger partial charge < -0.3 is 14.3 Å². The Morgan fingerprint density at radius 3 is 2.63 bits per heavy atom. The highest BCUT2D eigenvalue weighted by atomic mass is 32.2. The maximum Gasteiger partial charge on any atom is 0.276 e. The molecular formula is C12H19NO5S. The van der Waals surface area contributed by atoms with E-state index in [9.17, 15) is 8.42 Å². The van der Waals surface area contributed by atoms with Crippen LogP contribution in [-0.4, -0.2) is 44.6 Å². The second kappa shape index (κ2) is 6.04. The summed E-state index contributed by atoms with van der Waals surface area (Å²) in [6.45, 7) is 1.33. The smallest absolute Gasteiger partial charge is 0.276 e. The Morgan fingerprint density at radius 2 is 2.11 bits per heavy atom. The van der Waals surface area contributed by atoms with E-state index in [4.69, 9.17) is 14.3 Å². The fraction of sp³-hybridized carbons (Fsp3) is 0.667. The minimum absolute atomic E-state index is 0.0956. The van der Waals surface area contributed by atoms with Gasteiger partial charge in [-0.25, -0.2) is 8.42 Å². The lowest BCUT2D eigenvalue weighted by Gasteiger charge is -2.30. The number of ether oxygens (including phenoxy) is 1. The lowest BCUT2D eigenvalue weighted by atomic mass is 9.99. The summed E-state index contributed by atoms with van der Waals surface area (Å²) in [4.78, 5) is 0. The number of hydrogen-bond acceptors (Lipinski definition) is 5. The Morgan fingerprint density at radius 1 is 1.42 bits per heavy atom. The topological polar surface area (TPSA) is 80.0 Å². The van der Waals surface area contributed by atoms with E-state index in [1.807, 2.05) is 0 Å². The van der Waals surface area contributed by atoms with Crippen molar-refractivity contribution in [2.75, 3.05) is 26.8 Å². The molecule has 108 valence electrons. The average molecular weight is 289 g/mol. The van der Waals surface area contributed by atoms with Gasteiger partial charge in [-0.15, -0.1) is 0 Å². The number of piperidine rings is 1. The van der Waals surface area contributed by atoms with Crippen molar-refractivity contribution < 1.29 is 22.7 Å². The van der Waals surface area contributed by atoms with Gasteiger partial charge in [0.2, 0.25) is 5.09 Å². The largest absolute Gasteiger partial charge is 0.446 e. The van der Waals surface area contributed by atoms with Crippen LogP contribution in [-0.2, 0) is 21.4 Å². The van der Waals surface area contributed by atoms with Gasteiger partial charge in [0.1, 0.15) is 12.4 Å². The van der Waals surface area contributed by atoms with Crippen LogP contribution in [0, 0.1) is 5.92 Å². The Kier molecular flexibility index (Phi) is 4.62. The van der Waals surface area contributed by atoms with Crippen molar-refractivity contribution >= 4 is 10.0 Å². The molecule has 0 aliphatic carbocycles. The zero-order valence-corrected chi connectivity index (χ0v) is 11.7. The van der Waals surface area contributed by atoms with Crippen LogP contribution >= 0.6 is 0 Å². The molecule has 0 unspecified atom stereocenters. The SMILES string of the molecule is COCC1CCN(S(=O)(=O)c2ccc(CO)o2)CC1. The van der Waals surface area contributed by atoms with Crippen LogP contribution in [0.3, 0.4) is 0 Å². The van der Waals surface area contributed by atoms with Crippen LogP contribution in [0.25, 0.3) is 0 Å². The molecule has 0 saturated carbocycles. The van der Waals surface area contributed by atoms with Crippen molar-refractivity contribution in [3.05, 3.63) is 17.9 Å². The van der Waals surface area contributed by atoms with E-state index >= 15 is 0 Å². The third-order valence-corrected chi connectivity index (χ3v) is 5.14. The number of sulfonamides is 1. The van der Waals surface area contributed by atoms with E-state index in [0.717, 1.165) is 12.8 Å². The van der Waals surface area contributed by atoms with Gasteiger partial charge in [0.15, 0.2) is 0 Å². The molecule has 1 fully saturated rings. The summed E-state index contributed by atoms with van der Waals surface area (Å²) in [5, 5.41) is 8.81. The first-order valence-electron chi connectivity index (χ1n) is 6.26. The molecule has 6 nitrogen and oxygen atoms in total. The van der Waals surface area contributed by atoms with Gasteiger partial charge in [-0.2, -0.15) is 4.31 Å². The lowest BCUT2D eigenvalue weighted by molar-refractivity contribution is 0.121. The van der Waals surface area contributed by atoms with E-state index in [0.29, 0.717) is 25.6 Å². The van der Waals surface area contributed by atoms with Crippen LogP contribution in [0.2, 0.25) is 0 Å². The monoisotopic (exact) mass is 289 g/mol. The van der Waals surface area contributed by atoms with Gasteiger partial charge in [0.25, 0.3) is 10.0 Å². The minimum Gasteiger partial charge on any atom is -0.446 e. The van der Waals surface area contributed by atoms with E-state index in [1.165, 1.54) is 16.4 Å². The number of furan rings is 1. The third kappa shape index (κ3) is 3.17. The summed E-state index contributed by atoms with van der Waals surface area (Å²) in [6, 6.07) is 2.87. The Labute approximate surface area is 113 Å². The molecule has 1 aliphatic heterocycles. The van der Waals surface area contributed by atoms with Crippen molar-refractivity contribution in [1.29, 1.82) is 0 Å². The fourth-order valence-corrected chi connectivity index (χ4v) is 3.66. The first kappa shape index (κ1) is 14.5. The fourth-order valence-electron chi connectivity index (χ4n) is 2.26. The summed E-state index contributed by atoms with van der Waals surface area (Å²) in [5.41, 5.74) is 0. The standard InChI is InChI=1S/C12H19NO5S/c1-17-9-10-4-6-13(7-5-10)19(15,16)12-3-2-11(8-14)18-12/h2-3,10,14H,4-9H2,1H3. The molecule has 1 N–H and O–H groups in total. The zero-order valence-electron chi connectivity index (χ0n) is 10.9. The molecule has 2 rings (SSSR count). The average Bonchev–Trinajstić information content (AvgIpc) is 2.89. The van der Waals surface area contributed by atoms with E-state index in [-0.39, 0.29) is 17.5 Å². The van der Waals surface area contributed by atoms with Crippen molar-refractivity contribution in [2.24, 2.45) is 5.92 Å². The first-order valence-corrected chi connectivity index (χ1v) is 7.70. The molecule has 0 aromatic carbocycles. The number of methoxy groups -OCH3 is 1. The summed E-state index contributed by atoms with van der Waals surface area (Å²) in [6.07, 6.45) is 1.58. The van der Waals surface area contributed by atoms with Gasteiger partial charge >= 0.3 is 0 Å². The normalized spacial score (nSPS) is 18.8. The summed E-state index contributed by atoms with van der Waals surface area (Å²) in [5.74, 6) is 0.675. The van der Waals surface area contributed by atoms with Crippen LogP contribution in [0.1, 0.15) is 18.6 Å². The summed E-state index contributed by atoms with van der Waals surface area (Å²) >= 11 is 0. The van der Waals surface area contributed by atoms with Crippen LogP contribution in [0.15, 0.2) is 21.6 Å². The van der Waals surface area contributed by atoms with E-state index in [1.54, 1.807) is 7.11 Å². The number of aliphatic hydroxyl groups is 1. The van der Waals surface area contributed by atoms with Crippen molar-refractivity contribution in [1.82, 2.24) is 4.31 Å². The maximum absolute atomic E-state index is 12.3. The van der Waals surface area contributed by atoms with Crippen LogP contribution in [0.4, 0.5) is 0 Å². The number of rotatable bonds is 5. The van der Waals surface area contributed by atoms with Gasteiger partial charge in [0, 0.05) is 26.8 Å². The van der Waals surface area contributed by atoms with E-state index < -0.39 is 10.0 Å². The van der Waals surface area contributed by atoms with Gasteiger partial charge in [-0.1, -0.05) is 0 Å². The quantitative estimate of drug-likeness (QED) is 0.868. The molecule has 2 heterocycles. The second-order valence-corrected chi connectivity index (χ2v) is 6.55. The van der Waals surface area contributed by atoms with Crippen LogP contribution < -0.4 is 0 Å². The van der Waals surface area contributed by atoms with Crippen LogP contribution in [0.5, 0.6) is 0 Å². The lowest BCUT2D eigenvalue weighted by Crippen LogP contribution is -2.39. The predicted octanol–water partition coefficient (Wildman–Crippen LogP) is 0.819. The molecule has 0 radical (unpaired) electrons. The molecule has 19 heavy (non-hydrogen) atoms. The number of aliphatic hydroxyl groups excluding tert-OH is 1. The zero-order chi connectivity index (χ0) is 13.9. The van der Waals surface area contributed by atoms with Crippen molar-refractivity contribution in [3.8, 4) is 0 Å². The first-order chi connectivity index (χ1) is 9.07. The molecule has 1 saturated heterocycles. The molecule has 0 amide bonds.